The first kappa shape index (κ1) is 11.3. The van der Waals surface area contributed by atoms with Crippen molar-refractivity contribution in [1.82, 2.24) is 19.3 Å². The van der Waals surface area contributed by atoms with Crippen molar-refractivity contribution in [2.45, 2.75) is 13.1 Å². The molecule has 94 valence electrons. The average molecular weight is 252 g/mol. The third-order valence-corrected chi connectivity index (χ3v) is 3.04. The van der Waals surface area contributed by atoms with Gasteiger partial charge in [-0.05, 0) is 18.2 Å². The van der Waals surface area contributed by atoms with Crippen LogP contribution in [0.5, 0.6) is 0 Å². The molecule has 0 saturated heterocycles. The Hall–Kier alpha value is -2.81. The first-order chi connectivity index (χ1) is 9.29. The molecule has 0 spiro atoms. The molecular formula is C13H12N6. The van der Waals surface area contributed by atoms with Crippen LogP contribution in [0.15, 0.2) is 36.7 Å². The van der Waals surface area contributed by atoms with Gasteiger partial charge < -0.3 is 10.3 Å². The van der Waals surface area contributed by atoms with Crippen molar-refractivity contribution in [3.63, 3.8) is 0 Å². The van der Waals surface area contributed by atoms with E-state index in [1.54, 1.807) is 12.3 Å². The Morgan fingerprint density at radius 2 is 2.16 bits per heavy atom. The first-order valence-corrected chi connectivity index (χ1v) is 5.92. The topological polar surface area (TPSA) is 85.5 Å². The molecule has 3 aromatic rings. The van der Waals surface area contributed by atoms with Gasteiger partial charge in [0.05, 0.1) is 17.6 Å². The second kappa shape index (κ2) is 4.46. The summed E-state index contributed by atoms with van der Waals surface area (Å²) < 4.78 is 3.73. The fourth-order valence-electron chi connectivity index (χ4n) is 2.13. The lowest BCUT2D eigenvalue weighted by Crippen LogP contribution is -2.10. The number of nitrogens with zero attached hydrogens (tertiary/aromatic N) is 5. The lowest BCUT2D eigenvalue weighted by Gasteiger charge is -2.06. The zero-order chi connectivity index (χ0) is 13.2. The second-order valence-corrected chi connectivity index (χ2v) is 4.18. The van der Waals surface area contributed by atoms with Crippen LogP contribution in [0.1, 0.15) is 5.56 Å². The van der Waals surface area contributed by atoms with Gasteiger partial charge in [0.25, 0.3) is 0 Å². The summed E-state index contributed by atoms with van der Waals surface area (Å²) in [6, 6.07) is 9.51. The van der Waals surface area contributed by atoms with Gasteiger partial charge in [0.15, 0.2) is 0 Å². The van der Waals surface area contributed by atoms with E-state index < -0.39 is 0 Å². The number of anilines is 1. The van der Waals surface area contributed by atoms with Crippen molar-refractivity contribution in [3.8, 4) is 6.07 Å². The molecule has 2 aromatic heterocycles. The summed E-state index contributed by atoms with van der Waals surface area (Å²) in [4.78, 5) is 4.27. The van der Waals surface area contributed by atoms with Gasteiger partial charge in [-0.15, -0.1) is 0 Å². The molecule has 0 unspecified atom stereocenters. The largest absolute Gasteiger partial charge is 0.369 e. The van der Waals surface area contributed by atoms with Crippen LogP contribution in [0.4, 0.5) is 5.95 Å². The smallest absolute Gasteiger partial charge is 0.201 e. The maximum atomic E-state index is 9.06. The molecule has 0 amide bonds. The number of hydrogen-bond acceptors (Lipinski definition) is 4. The third-order valence-electron chi connectivity index (χ3n) is 3.04. The van der Waals surface area contributed by atoms with E-state index in [1.165, 1.54) is 0 Å². The van der Waals surface area contributed by atoms with Gasteiger partial charge in [-0.25, -0.2) is 4.98 Å². The van der Waals surface area contributed by atoms with E-state index in [2.05, 4.69) is 16.2 Å². The van der Waals surface area contributed by atoms with Crippen LogP contribution < -0.4 is 5.73 Å². The maximum Gasteiger partial charge on any atom is 0.201 e. The summed E-state index contributed by atoms with van der Waals surface area (Å²) in [5, 5.41) is 13.2. The van der Waals surface area contributed by atoms with Crippen LogP contribution >= 0.6 is 0 Å². The van der Waals surface area contributed by atoms with Crippen molar-refractivity contribution in [1.29, 1.82) is 5.26 Å². The minimum Gasteiger partial charge on any atom is -0.369 e. The van der Waals surface area contributed by atoms with E-state index in [0.717, 1.165) is 5.52 Å². The van der Waals surface area contributed by atoms with Crippen LogP contribution in [0.3, 0.4) is 0 Å². The Balaban J connectivity index is 1.99. The Bertz CT molecular complexity index is 747. The highest BCUT2D eigenvalue weighted by atomic mass is 15.3. The number of benzene rings is 1. The second-order valence-electron chi connectivity index (χ2n) is 4.18. The molecule has 0 radical (unpaired) electrons. The van der Waals surface area contributed by atoms with E-state index in [9.17, 15) is 0 Å². The minimum absolute atomic E-state index is 0.421. The summed E-state index contributed by atoms with van der Waals surface area (Å²) in [7, 11) is 0. The average Bonchev–Trinajstić information content (AvgIpc) is 3.03. The van der Waals surface area contributed by atoms with E-state index in [0.29, 0.717) is 30.1 Å². The number of rotatable bonds is 3. The maximum absolute atomic E-state index is 9.06. The summed E-state index contributed by atoms with van der Waals surface area (Å²) in [6.07, 6.45) is 3.64. The minimum atomic E-state index is 0.421. The molecule has 0 saturated carbocycles. The molecular weight excluding hydrogens is 240 g/mol. The molecule has 0 atom stereocenters. The molecule has 6 nitrogen and oxygen atoms in total. The number of aromatic nitrogens is 4. The molecule has 19 heavy (non-hydrogen) atoms. The summed E-state index contributed by atoms with van der Waals surface area (Å²) in [5.41, 5.74) is 8.01. The van der Waals surface area contributed by atoms with Gasteiger partial charge in [0.1, 0.15) is 11.6 Å². The Labute approximate surface area is 109 Å². The number of para-hydroxylation sites is 1. The molecule has 1 aromatic carbocycles. The SMILES string of the molecule is N#Cc1cccc2c1nc(N)n2CCn1cccn1. The molecule has 0 aliphatic rings. The van der Waals surface area contributed by atoms with Crippen LogP contribution in [-0.4, -0.2) is 19.3 Å². The number of aryl methyl sites for hydroxylation is 2. The molecule has 2 heterocycles. The van der Waals surface area contributed by atoms with Gasteiger partial charge in [-0.3, -0.25) is 4.68 Å². The molecule has 0 aliphatic heterocycles. The first-order valence-electron chi connectivity index (χ1n) is 5.92. The van der Waals surface area contributed by atoms with Crippen LogP contribution in [-0.2, 0) is 13.1 Å². The van der Waals surface area contributed by atoms with Gasteiger partial charge in [0, 0.05) is 18.9 Å². The summed E-state index contributed by atoms with van der Waals surface area (Å²) in [6.45, 7) is 1.37. The number of nitriles is 1. The predicted molar refractivity (Wildman–Crippen MR) is 71.1 cm³/mol. The van der Waals surface area contributed by atoms with Crippen molar-refractivity contribution < 1.29 is 0 Å². The van der Waals surface area contributed by atoms with Gasteiger partial charge in [-0.2, -0.15) is 10.4 Å². The zero-order valence-corrected chi connectivity index (χ0v) is 10.2. The van der Waals surface area contributed by atoms with E-state index >= 15 is 0 Å². The zero-order valence-electron chi connectivity index (χ0n) is 10.2. The van der Waals surface area contributed by atoms with Gasteiger partial charge in [0.2, 0.25) is 5.95 Å². The van der Waals surface area contributed by atoms with Gasteiger partial charge >= 0.3 is 0 Å². The van der Waals surface area contributed by atoms with Crippen LogP contribution in [0.2, 0.25) is 0 Å². The molecule has 3 rings (SSSR count). The van der Waals surface area contributed by atoms with Crippen LogP contribution in [0.25, 0.3) is 11.0 Å². The number of nitrogen functional groups attached to an aromatic ring is 1. The molecule has 2 N–H and O–H groups in total. The Morgan fingerprint density at radius 3 is 2.89 bits per heavy atom. The van der Waals surface area contributed by atoms with Crippen molar-refractivity contribution in [3.05, 3.63) is 42.2 Å². The van der Waals surface area contributed by atoms with E-state index in [1.807, 2.05) is 33.6 Å². The summed E-state index contributed by atoms with van der Waals surface area (Å²) in [5.74, 6) is 0.421. The highest BCUT2D eigenvalue weighted by Crippen LogP contribution is 2.20. The molecule has 0 bridgehead atoms. The molecule has 0 fully saturated rings. The van der Waals surface area contributed by atoms with Crippen LogP contribution in [0, 0.1) is 11.3 Å². The van der Waals surface area contributed by atoms with Crippen molar-refractivity contribution in [2.75, 3.05) is 5.73 Å². The summed E-state index contributed by atoms with van der Waals surface area (Å²) >= 11 is 0. The Morgan fingerprint density at radius 1 is 1.26 bits per heavy atom. The lowest BCUT2D eigenvalue weighted by atomic mass is 10.2. The highest BCUT2D eigenvalue weighted by Gasteiger charge is 2.11. The van der Waals surface area contributed by atoms with E-state index in [4.69, 9.17) is 11.0 Å². The number of fused-ring (bicyclic) bond motifs is 1. The monoisotopic (exact) mass is 252 g/mol. The standard InChI is InChI=1S/C13H12N6/c14-9-10-3-1-4-11-12(10)17-13(15)19(11)8-7-18-6-2-5-16-18/h1-6H,7-8H2,(H2,15,17). The Kier molecular flexibility index (Phi) is 2.65. The van der Waals surface area contributed by atoms with Crippen molar-refractivity contribution in [2.24, 2.45) is 0 Å². The number of imidazole rings is 1. The number of hydrogen-bond donors (Lipinski definition) is 1. The van der Waals surface area contributed by atoms with E-state index in [-0.39, 0.29) is 0 Å². The quantitative estimate of drug-likeness (QED) is 0.763. The highest BCUT2D eigenvalue weighted by molar-refractivity contribution is 5.83. The molecule has 6 heteroatoms. The van der Waals surface area contributed by atoms with Gasteiger partial charge in [-0.1, -0.05) is 6.07 Å². The normalized spacial score (nSPS) is 10.7. The molecule has 0 aliphatic carbocycles. The fourth-order valence-corrected chi connectivity index (χ4v) is 2.13. The lowest BCUT2D eigenvalue weighted by molar-refractivity contribution is 0.545. The predicted octanol–water partition coefficient (Wildman–Crippen LogP) is 1.39. The number of nitrogens with two attached hydrogens (primary N) is 1. The fraction of sp³-hybridized carbons (Fsp3) is 0.154. The third kappa shape index (κ3) is 1.91. The van der Waals surface area contributed by atoms with Crippen molar-refractivity contribution >= 4 is 17.0 Å².